The van der Waals surface area contributed by atoms with Crippen LogP contribution in [0.25, 0.3) is 0 Å². The average Bonchev–Trinajstić information content (AvgIpc) is 3.18. The number of thiophene rings is 1. The smallest absolute Gasteiger partial charge is 0.253 e. The molecule has 3 heterocycles. The fraction of sp³-hybridized carbons (Fsp3) is 0.667. The molecule has 22 heavy (non-hydrogen) atoms. The Hall–Kier alpha value is -0.920. The number of sulfonamides is 1. The van der Waals surface area contributed by atoms with Gasteiger partial charge < -0.3 is 4.90 Å². The highest BCUT2D eigenvalue weighted by Gasteiger charge is 2.41. The zero-order valence-corrected chi connectivity index (χ0v) is 14.4. The molecule has 0 N–H and O–H groups in total. The fourth-order valence-electron chi connectivity index (χ4n) is 3.40. The van der Waals surface area contributed by atoms with Crippen LogP contribution >= 0.6 is 11.3 Å². The van der Waals surface area contributed by atoms with Gasteiger partial charge in [-0.2, -0.15) is 4.31 Å². The Morgan fingerprint density at radius 1 is 1.27 bits per heavy atom. The normalized spacial score (nSPS) is 27.2. The van der Waals surface area contributed by atoms with Gasteiger partial charge in [0.15, 0.2) is 0 Å². The molecule has 1 aromatic heterocycles. The number of hydrogen-bond donors (Lipinski definition) is 0. The molecule has 0 aliphatic carbocycles. The molecule has 2 fully saturated rings. The van der Waals surface area contributed by atoms with E-state index in [4.69, 9.17) is 0 Å². The molecule has 1 amide bonds. The molecule has 0 aromatic carbocycles. The monoisotopic (exact) mass is 342 g/mol. The van der Waals surface area contributed by atoms with Gasteiger partial charge in [0.05, 0.1) is 0 Å². The number of piperidine rings is 1. The van der Waals surface area contributed by atoms with Gasteiger partial charge in [-0.25, -0.2) is 8.42 Å². The molecule has 2 saturated heterocycles. The second kappa shape index (κ2) is 6.29. The molecule has 2 aliphatic heterocycles. The van der Waals surface area contributed by atoms with Crippen molar-refractivity contribution in [1.82, 2.24) is 9.21 Å². The van der Waals surface area contributed by atoms with Crippen LogP contribution in [0.2, 0.25) is 0 Å². The van der Waals surface area contributed by atoms with E-state index in [2.05, 4.69) is 6.92 Å². The van der Waals surface area contributed by atoms with Crippen LogP contribution < -0.4 is 0 Å². The minimum Gasteiger partial charge on any atom is -0.341 e. The van der Waals surface area contributed by atoms with Crippen LogP contribution in [0.3, 0.4) is 0 Å². The van der Waals surface area contributed by atoms with Crippen LogP contribution in [-0.2, 0) is 14.8 Å². The second-order valence-corrected chi connectivity index (χ2v) is 9.30. The number of carbonyl (C=O) groups excluding carboxylic acids is 1. The number of hydrogen-bond acceptors (Lipinski definition) is 4. The van der Waals surface area contributed by atoms with Crippen molar-refractivity contribution in [3.63, 3.8) is 0 Å². The van der Waals surface area contributed by atoms with Crippen molar-refractivity contribution < 1.29 is 13.2 Å². The summed E-state index contributed by atoms with van der Waals surface area (Å²) in [5.41, 5.74) is 0. The van der Waals surface area contributed by atoms with E-state index >= 15 is 0 Å². The first-order valence-corrected chi connectivity index (χ1v) is 10.2. The summed E-state index contributed by atoms with van der Waals surface area (Å²) < 4.78 is 27.2. The lowest BCUT2D eigenvalue weighted by Crippen LogP contribution is -2.50. The SMILES string of the molecule is C[C@H]1CCCN(C(=O)[C@H]2CCCN2S(=O)(=O)c2cccs2)C1. The second-order valence-electron chi connectivity index (χ2n) is 6.24. The molecule has 5 nitrogen and oxygen atoms in total. The van der Waals surface area contributed by atoms with Gasteiger partial charge in [0, 0.05) is 19.6 Å². The van der Waals surface area contributed by atoms with E-state index in [1.54, 1.807) is 17.5 Å². The number of likely N-dealkylation sites (tertiary alicyclic amines) is 1. The molecule has 0 unspecified atom stereocenters. The van der Waals surface area contributed by atoms with Crippen molar-refractivity contribution in [2.75, 3.05) is 19.6 Å². The maximum Gasteiger partial charge on any atom is 0.253 e. The Balaban J connectivity index is 1.80. The van der Waals surface area contributed by atoms with E-state index in [0.717, 1.165) is 32.4 Å². The maximum atomic E-state index is 12.8. The van der Waals surface area contributed by atoms with Crippen LogP contribution in [0.4, 0.5) is 0 Å². The van der Waals surface area contributed by atoms with E-state index in [0.29, 0.717) is 23.1 Å². The Morgan fingerprint density at radius 3 is 2.73 bits per heavy atom. The molecule has 2 aliphatic rings. The maximum absolute atomic E-state index is 12.8. The Labute approximate surface area is 136 Å². The first kappa shape index (κ1) is 16.0. The van der Waals surface area contributed by atoms with Gasteiger partial charge in [0.2, 0.25) is 5.91 Å². The fourth-order valence-corrected chi connectivity index (χ4v) is 6.17. The summed E-state index contributed by atoms with van der Waals surface area (Å²) in [6.07, 6.45) is 3.54. The minimum atomic E-state index is -3.54. The number of carbonyl (C=O) groups is 1. The summed E-state index contributed by atoms with van der Waals surface area (Å²) in [6, 6.07) is 2.83. The highest BCUT2D eigenvalue weighted by Crippen LogP contribution is 2.30. The molecule has 2 atom stereocenters. The lowest BCUT2D eigenvalue weighted by molar-refractivity contribution is -0.136. The van der Waals surface area contributed by atoms with Crippen LogP contribution in [0.1, 0.15) is 32.6 Å². The van der Waals surface area contributed by atoms with Crippen LogP contribution in [-0.4, -0.2) is 49.2 Å². The molecule has 0 spiro atoms. The summed E-state index contributed by atoms with van der Waals surface area (Å²) in [4.78, 5) is 14.7. The number of nitrogens with zero attached hydrogens (tertiary/aromatic N) is 2. The molecular weight excluding hydrogens is 320 g/mol. The highest BCUT2D eigenvalue weighted by molar-refractivity contribution is 7.91. The zero-order valence-electron chi connectivity index (χ0n) is 12.8. The van der Waals surface area contributed by atoms with Crippen molar-refractivity contribution in [2.24, 2.45) is 5.92 Å². The Morgan fingerprint density at radius 2 is 2.05 bits per heavy atom. The average molecular weight is 342 g/mol. The van der Waals surface area contributed by atoms with Crippen LogP contribution in [0.15, 0.2) is 21.7 Å². The molecule has 7 heteroatoms. The molecule has 3 rings (SSSR count). The van der Waals surface area contributed by atoms with Crippen molar-refractivity contribution >= 4 is 27.3 Å². The third-order valence-corrected chi connectivity index (χ3v) is 7.80. The van der Waals surface area contributed by atoms with E-state index in [-0.39, 0.29) is 5.91 Å². The van der Waals surface area contributed by atoms with Gasteiger partial charge in [-0.15, -0.1) is 11.3 Å². The highest BCUT2D eigenvalue weighted by atomic mass is 32.2. The number of amides is 1. The topological polar surface area (TPSA) is 57.7 Å². The van der Waals surface area contributed by atoms with E-state index < -0.39 is 16.1 Å². The zero-order chi connectivity index (χ0) is 15.7. The van der Waals surface area contributed by atoms with Crippen LogP contribution in [0, 0.1) is 5.92 Å². The van der Waals surface area contributed by atoms with Gasteiger partial charge in [0.1, 0.15) is 10.3 Å². The third-order valence-electron chi connectivity index (χ3n) is 4.52. The lowest BCUT2D eigenvalue weighted by atomic mass is 9.99. The summed E-state index contributed by atoms with van der Waals surface area (Å²) in [7, 11) is -3.54. The van der Waals surface area contributed by atoms with Gasteiger partial charge in [-0.1, -0.05) is 13.0 Å². The molecule has 122 valence electrons. The molecule has 0 saturated carbocycles. The summed E-state index contributed by atoms with van der Waals surface area (Å²) in [6.45, 7) is 4.10. The van der Waals surface area contributed by atoms with Crippen molar-refractivity contribution in [3.05, 3.63) is 17.5 Å². The lowest BCUT2D eigenvalue weighted by Gasteiger charge is -2.34. The minimum absolute atomic E-state index is 0.0100. The third kappa shape index (κ3) is 2.94. The van der Waals surface area contributed by atoms with Gasteiger partial charge in [-0.3, -0.25) is 4.79 Å². The molecule has 0 bridgehead atoms. The first-order chi connectivity index (χ1) is 10.5. The van der Waals surface area contributed by atoms with Crippen LogP contribution in [0.5, 0.6) is 0 Å². The molecular formula is C15H22N2O3S2. The van der Waals surface area contributed by atoms with Gasteiger partial charge in [0.25, 0.3) is 10.0 Å². The van der Waals surface area contributed by atoms with Gasteiger partial charge in [-0.05, 0) is 43.0 Å². The largest absolute Gasteiger partial charge is 0.341 e. The van der Waals surface area contributed by atoms with Crippen molar-refractivity contribution in [2.45, 2.75) is 42.9 Å². The predicted molar refractivity (Wildman–Crippen MR) is 86.2 cm³/mol. The first-order valence-electron chi connectivity index (χ1n) is 7.84. The molecule has 0 radical (unpaired) electrons. The van der Waals surface area contributed by atoms with Gasteiger partial charge >= 0.3 is 0 Å². The van der Waals surface area contributed by atoms with Crippen molar-refractivity contribution in [3.8, 4) is 0 Å². The van der Waals surface area contributed by atoms with Crippen molar-refractivity contribution in [1.29, 1.82) is 0 Å². The summed E-state index contributed by atoms with van der Waals surface area (Å²) in [5, 5.41) is 1.76. The van der Waals surface area contributed by atoms with E-state index in [1.807, 2.05) is 4.90 Å². The molecule has 1 aromatic rings. The summed E-state index contributed by atoms with van der Waals surface area (Å²) in [5.74, 6) is 0.491. The number of rotatable bonds is 3. The van der Waals surface area contributed by atoms with E-state index in [1.165, 1.54) is 15.6 Å². The Bertz CT molecular complexity index is 627. The Kier molecular flexibility index (Phi) is 4.56. The standard InChI is InChI=1S/C15H22N2O3S2/c1-12-5-2-8-16(11-12)15(18)13-6-3-9-17(13)22(19,20)14-7-4-10-21-14/h4,7,10,12-13H,2-3,5-6,8-9,11H2,1H3/t12-,13+/m0/s1. The van der Waals surface area contributed by atoms with E-state index in [9.17, 15) is 13.2 Å². The summed E-state index contributed by atoms with van der Waals surface area (Å²) >= 11 is 1.21. The quantitative estimate of drug-likeness (QED) is 0.846. The predicted octanol–water partition coefficient (Wildman–Crippen LogP) is 2.16.